The molecule has 0 aromatic heterocycles. The summed E-state index contributed by atoms with van der Waals surface area (Å²) in [5.41, 5.74) is 1.41. The number of hydrogen-bond acceptors (Lipinski definition) is 0. The average Bonchev–Trinajstić information content (AvgIpc) is 1.59. The van der Waals surface area contributed by atoms with Gasteiger partial charge in [-0.05, 0) is 12.3 Å². The first-order valence-corrected chi connectivity index (χ1v) is 3.26. The maximum Gasteiger partial charge on any atom is -0.0200 e. The van der Waals surface area contributed by atoms with Crippen LogP contribution in [0.25, 0.3) is 0 Å². The smallest absolute Gasteiger partial charge is 0.0200 e. The van der Waals surface area contributed by atoms with E-state index in [4.69, 9.17) is 0 Å². The van der Waals surface area contributed by atoms with E-state index in [1.54, 1.807) is 0 Å². The molecule has 0 heteroatoms. The van der Waals surface area contributed by atoms with Gasteiger partial charge in [0.05, 0.1) is 0 Å². The molecule has 9 heavy (non-hydrogen) atoms. The molecular weight excluding hydrogens is 108 g/mol. The maximum absolute atomic E-state index is 3.77. The first-order chi connectivity index (χ1) is 3.92. The lowest BCUT2D eigenvalue weighted by Gasteiger charge is -2.10. The van der Waals surface area contributed by atoms with Gasteiger partial charge >= 0.3 is 0 Å². The molecule has 0 aliphatic carbocycles. The summed E-state index contributed by atoms with van der Waals surface area (Å²) in [5.74, 6) is 0. The predicted octanol–water partition coefficient (Wildman–Crippen LogP) is 3.16. The standard InChI is InChI=1S/C9H16/c1-8(2)6-7-9(3,4)5/h6-7H,1H2,2-5H3. The number of hydrogen-bond donors (Lipinski definition) is 0. The van der Waals surface area contributed by atoms with E-state index in [0.29, 0.717) is 5.41 Å². The van der Waals surface area contributed by atoms with Crippen LogP contribution in [0.1, 0.15) is 27.7 Å². The third-order valence-electron chi connectivity index (χ3n) is 0.868. The maximum atomic E-state index is 3.77. The minimum atomic E-state index is 0.291. The van der Waals surface area contributed by atoms with Crippen molar-refractivity contribution in [1.29, 1.82) is 0 Å². The lowest BCUT2D eigenvalue weighted by molar-refractivity contribution is 0.544. The van der Waals surface area contributed by atoms with Crippen LogP contribution < -0.4 is 0 Å². The van der Waals surface area contributed by atoms with Crippen molar-refractivity contribution in [3.05, 3.63) is 24.3 Å². The zero-order chi connectivity index (χ0) is 7.49. The summed E-state index contributed by atoms with van der Waals surface area (Å²) in [6.45, 7) is 12.3. The van der Waals surface area contributed by atoms with Gasteiger partial charge < -0.3 is 0 Å². The summed E-state index contributed by atoms with van der Waals surface area (Å²) in [6.07, 6.45) is 4.22. The molecule has 0 heterocycles. The Morgan fingerprint density at radius 2 is 1.78 bits per heavy atom. The SMILES string of the molecule is C=C(C)C=CC(C)(C)C. The minimum Gasteiger partial charge on any atom is -0.0961 e. The Labute approximate surface area is 58.3 Å². The molecule has 0 rings (SSSR count). The van der Waals surface area contributed by atoms with Gasteiger partial charge in [0.25, 0.3) is 0 Å². The molecule has 0 amide bonds. The number of rotatable bonds is 1. The number of allylic oxidation sites excluding steroid dienone is 3. The van der Waals surface area contributed by atoms with Crippen LogP contribution in [0.5, 0.6) is 0 Å². The molecule has 0 aliphatic rings. The van der Waals surface area contributed by atoms with Crippen molar-refractivity contribution in [1.82, 2.24) is 0 Å². The molecule has 0 aliphatic heterocycles. The van der Waals surface area contributed by atoms with Crippen molar-refractivity contribution in [3.63, 3.8) is 0 Å². The molecular formula is C9H16. The van der Waals surface area contributed by atoms with E-state index in [-0.39, 0.29) is 0 Å². The van der Waals surface area contributed by atoms with E-state index < -0.39 is 0 Å². The lowest BCUT2D eigenvalue weighted by atomic mass is 9.96. The second kappa shape index (κ2) is 2.86. The predicted molar refractivity (Wildman–Crippen MR) is 43.4 cm³/mol. The molecule has 0 spiro atoms. The first-order valence-electron chi connectivity index (χ1n) is 3.26. The fourth-order valence-corrected chi connectivity index (χ4v) is 0.392. The summed E-state index contributed by atoms with van der Waals surface area (Å²) >= 11 is 0. The first kappa shape index (κ1) is 8.48. The van der Waals surface area contributed by atoms with Gasteiger partial charge in [-0.25, -0.2) is 0 Å². The van der Waals surface area contributed by atoms with Crippen LogP contribution in [-0.2, 0) is 0 Å². The molecule has 0 N–H and O–H groups in total. The van der Waals surface area contributed by atoms with Crippen LogP contribution in [0.3, 0.4) is 0 Å². The lowest BCUT2D eigenvalue weighted by Crippen LogP contribution is -1.97. The van der Waals surface area contributed by atoms with Gasteiger partial charge in [0.1, 0.15) is 0 Å². The highest BCUT2D eigenvalue weighted by Crippen LogP contribution is 2.15. The Bertz CT molecular complexity index is 121. The highest BCUT2D eigenvalue weighted by Gasteiger charge is 2.02. The van der Waals surface area contributed by atoms with Gasteiger partial charge in [-0.3, -0.25) is 0 Å². The normalized spacial score (nSPS) is 12.4. The second-order valence-electron chi connectivity index (χ2n) is 3.55. The van der Waals surface area contributed by atoms with Crippen molar-refractivity contribution in [2.75, 3.05) is 0 Å². The Hall–Kier alpha value is -0.520. The fourth-order valence-electron chi connectivity index (χ4n) is 0.392. The van der Waals surface area contributed by atoms with Crippen LogP contribution >= 0.6 is 0 Å². The van der Waals surface area contributed by atoms with Gasteiger partial charge in [0.2, 0.25) is 0 Å². The summed E-state index contributed by atoms with van der Waals surface area (Å²) < 4.78 is 0. The quantitative estimate of drug-likeness (QED) is 0.471. The molecule has 0 atom stereocenters. The molecule has 52 valence electrons. The fraction of sp³-hybridized carbons (Fsp3) is 0.556. The minimum absolute atomic E-state index is 0.291. The molecule has 0 saturated heterocycles. The second-order valence-corrected chi connectivity index (χ2v) is 3.55. The van der Waals surface area contributed by atoms with Crippen molar-refractivity contribution in [2.24, 2.45) is 5.41 Å². The van der Waals surface area contributed by atoms with Crippen molar-refractivity contribution >= 4 is 0 Å². The highest BCUT2D eigenvalue weighted by molar-refractivity contribution is 5.13. The summed E-state index contributed by atoms with van der Waals surface area (Å²) in [6, 6.07) is 0. The van der Waals surface area contributed by atoms with E-state index >= 15 is 0 Å². The van der Waals surface area contributed by atoms with Crippen LogP contribution in [0.4, 0.5) is 0 Å². The Morgan fingerprint density at radius 3 is 1.89 bits per heavy atom. The van der Waals surface area contributed by atoms with E-state index in [2.05, 4.69) is 39.5 Å². The van der Waals surface area contributed by atoms with Crippen molar-refractivity contribution < 1.29 is 0 Å². The Morgan fingerprint density at radius 1 is 1.33 bits per heavy atom. The van der Waals surface area contributed by atoms with Gasteiger partial charge in [0, 0.05) is 0 Å². The van der Waals surface area contributed by atoms with E-state index in [1.165, 1.54) is 0 Å². The third kappa shape index (κ3) is 7.48. The Balaban J connectivity index is 3.86. The summed E-state index contributed by atoms with van der Waals surface area (Å²) in [4.78, 5) is 0. The van der Waals surface area contributed by atoms with Crippen LogP contribution in [0.2, 0.25) is 0 Å². The molecule has 0 radical (unpaired) electrons. The zero-order valence-corrected chi connectivity index (χ0v) is 6.86. The molecule has 0 aromatic carbocycles. The zero-order valence-electron chi connectivity index (χ0n) is 6.86. The summed E-state index contributed by atoms with van der Waals surface area (Å²) in [5, 5.41) is 0. The van der Waals surface area contributed by atoms with Crippen molar-refractivity contribution in [3.8, 4) is 0 Å². The molecule has 0 bridgehead atoms. The molecule has 0 aromatic rings. The highest BCUT2D eigenvalue weighted by atomic mass is 14.1. The van der Waals surface area contributed by atoms with Gasteiger partial charge in [0.15, 0.2) is 0 Å². The molecule has 0 fully saturated rings. The van der Waals surface area contributed by atoms with E-state index in [1.807, 2.05) is 6.92 Å². The molecule has 0 unspecified atom stereocenters. The summed E-state index contributed by atoms with van der Waals surface area (Å²) in [7, 11) is 0. The van der Waals surface area contributed by atoms with E-state index in [0.717, 1.165) is 5.57 Å². The van der Waals surface area contributed by atoms with Gasteiger partial charge in [-0.2, -0.15) is 0 Å². The molecule has 0 saturated carbocycles. The monoisotopic (exact) mass is 124 g/mol. The van der Waals surface area contributed by atoms with E-state index in [9.17, 15) is 0 Å². The average molecular weight is 124 g/mol. The van der Waals surface area contributed by atoms with Crippen LogP contribution in [0, 0.1) is 5.41 Å². The largest absolute Gasteiger partial charge is 0.0961 e. The van der Waals surface area contributed by atoms with Crippen molar-refractivity contribution in [2.45, 2.75) is 27.7 Å². The molecule has 0 nitrogen and oxygen atoms in total. The van der Waals surface area contributed by atoms with Crippen LogP contribution in [-0.4, -0.2) is 0 Å². The van der Waals surface area contributed by atoms with Crippen LogP contribution in [0.15, 0.2) is 24.3 Å². The van der Waals surface area contributed by atoms with Gasteiger partial charge in [-0.1, -0.05) is 45.1 Å². The third-order valence-corrected chi connectivity index (χ3v) is 0.868. The topological polar surface area (TPSA) is 0 Å². The Kier molecular flexibility index (Phi) is 2.69. The van der Waals surface area contributed by atoms with Gasteiger partial charge in [-0.15, -0.1) is 0 Å².